The van der Waals surface area contributed by atoms with Crippen LogP contribution in [0.25, 0.3) is 0 Å². The molecule has 0 bridgehead atoms. The van der Waals surface area contributed by atoms with Crippen molar-refractivity contribution in [1.29, 1.82) is 0 Å². The lowest BCUT2D eigenvalue weighted by molar-refractivity contribution is -0.870. The lowest BCUT2D eigenvalue weighted by atomic mass is 10.0. The van der Waals surface area contributed by atoms with E-state index in [4.69, 9.17) is 18.5 Å². The van der Waals surface area contributed by atoms with Crippen molar-refractivity contribution in [1.82, 2.24) is 0 Å². The maximum absolute atomic E-state index is 12.7. The van der Waals surface area contributed by atoms with Crippen molar-refractivity contribution >= 4 is 19.8 Å². The molecule has 58 heavy (non-hydrogen) atoms. The van der Waals surface area contributed by atoms with Crippen LogP contribution in [-0.4, -0.2) is 70.0 Å². The van der Waals surface area contributed by atoms with E-state index in [0.29, 0.717) is 17.4 Å². The van der Waals surface area contributed by atoms with Crippen LogP contribution in [0.2, 0.25) is 0 Å². The molecule has 1 unspecified atom stereocenters. The van der Waals surface area contributed by atoms with Gasteiger partial charge in [0, 0.05) is 12.8 Å². The largest absolute Gasteiger partial charge is 0.756 e. The van der Waals surface area contributed by atoms with E-state index in [9.17, 15) is 19.0 Å². The van der Waals surface area contributed by atoms with Gasteiger partial charge in [0.1, 0.15) is 19.8 Å². The highest BCUT2D eigenvalue weighted by atomic mass is 31.2. The van der Waals surface area contributed by atoms with Gasteiger partial charge in [-0.3, -0.25) is 14.2 Å². The van der Waals surface area contributed by atoms with Gasteiger partial charge in [-0.1, -0.05) is 193 Å². The Bertz CT molecular complexity index is 1000. The number of ether oxygens (including phenoxy) is 2. The quantitative estimate of drug-likeness (QED) is 0.0196. The summed E-state index contributed by atoms with van der Waals surface area (Å²) in [4.78, 5) is 37.6. The minimum absolute atomic E-state index is 0.0276. The molecule has 0 fully saturated rings. The summed E-state index contributed by atoms with van der Waals surface area (Å²) in [6.07, 6.45) is 43.7. The second-order valence-electron chi connectivity index (χ2n) is 17.8. The lowest BCUT2D eigenvalue weighted by Gasteiger charge is -2.28. The van der Waals surface area contributed by atoms with Crippen molar-refractivity contribution in [3.63, 3.8) is 0 Å². The van der Waals surface area contributed by atoms with Crippen LogP contribution in [0.1, 0.15) is 232 Å². The van der Waals surface area contributed by atoms with Crippen LogP contribution in [0.5, 0.6) is 0 Å². The molecule has 344 valence electrons. The molecule has 2 atom stereocenters. The number of phosphoric ester groups is 1. The molecule has 0 aliphatic heterocycles. The number of hydrogen-bond acceptors (Lipinski definition) is 8. The maximum atomic E-state index is 12.7. The molecular weight excluding hydrogens is 750 g/mol. The molecule has 0 saturated heterocycles. The first-order valence-electron chi connectivity index (χ1n) is 24.4. The first-order valence-corrected chi connectivity index (χ1v) is 25.9. The van der Waals surface area contributed by atoms with Crippen LogP contribution in [0.15, 0.2) is 12.2 Å². The van der Waals surface area contributed by atoms with Crippen LogP contribution in [0.3, 0.4) is 0 Å². The molecule has 0 rings (SSSR count). The van der Waals surface area contributed by atoms with E-state index in [1.807, 2.05) is 21.1 Å². The van der Waals surface area contributed by atoms with E-state index in [0.717, 1.165) is 32.1 Å². The van der Waals surface area contributed by atoms with Crippen molar-refractivity contribution < 1.29 is 42.1 Å². The predicted molar refractivity (Wildman–Crippen MR) is 241 cm³/mol. The topological polar surface area (TPSA) is 111 Å². The fraction of sp³-hybridized carbons (Fsp3) is 0.917. The summed E-state index contributed by atoms with van der Waals surface area (Å²) in [5, 5.41) is 0. The highest BCUT2D eigenvalue weighted by Crippen LogP contribution is 2.38. The minimum Gasteiger partial charge on any atom is -0.756 e. The number of esters is 2. The summed E-state index contributed by atoms with van der Waals surface area (Å²) >= 11 is 0. The molecule has 0 N–H and O–H groups in total. The van der Waals surface area contributed by atoms with Gasteiger partial charge in [0.2, 0.25) is 0 Å². The van der Waals surface area contributed by atoms with Gasteiger partial charge < -0.3 is 27.9 Å². The Kier molecular flexibility index (Phi) is 40.2. The third-order valence-corrected chi connectivity index (χ3v) is 11.7. The van der Waals surface area contributed by atoms with Crippen LogP contribution < -0.4 is 4.89 Å². The van der Waals surface area contributed by atoms with Gasteiger partial charge in [-0.05, 0) is 38.5 Å². The number of rotatable bonds is 45. The number of hydrogen-bond donors (Lipinski definition) is 0. The molecule has 9 nitrogen and oxygen atoms in total. The van der Waals surface area contributed by atoms with E-state index in [1.165, 1.54) is 167 Å². The van der Waals surface area contributed by atoms with E-state index < -0.39 is 26.5 Å². The zero-order valence-corrected chi connectivity index (χ0v) is 39.7. The molecule has 10 heteroatoms. The van der Waals surface area contributed by atoms with Crippen molar-refractivity contribution in [2.45, 2.75) is 238 Å². The van der Waals surface area contributed by atoms with Gasteiger partial charge in [0.05, 0.1) is 27.7 Å². The van der Waals surface area contributed by atoms with Gasteiger partial charge in [-0.2, -0.15) is 0 Å². The second-order valence-corrected chi connectivity index (χ2v) is 19.2. The molecule has 0 aliphatic carbocycles. The van der Waals surface area contributed by atoms with Gasteiger partial charge in [-0.15, -0.1) is 0 Å². The molecule has 0 aliphatic rings. The van der Waals surface area contributed by atoms with Crippen molar-refractivity contribution in [2.75, 3.05) is 47.5 Å². The zero-order valence-electron chi connectivity index (χ0n) is 38.8. The van der Waals surface area contributed by atoms with Gasteiger partial charge in [0.25, 0.3) is 7.82 Å². The van der Waals surface area contributed by atoms with Crippen molar-refractivity contribution in [3.8, 4) is 0 Å². The van der Waals surface area contributed by atoms with E-state index in [1.54, 1.807) is 0 Å². The Hall–Kier alpha value is -1.25. The zero-order chi connectivity index (χ0) is 42.8. The average molecular weight is 844 g/mol. The number of unbranched alkanes of at least 4 members (excludes halogenated alkanes) is 29. The second kappa shape index (κ2) is 41.1. The first-order chi connectivity index (χ1) is 28.0. The van der Waals surface area contributed by atoms with E-state index in [2.05, 4.69) is 26.0 Å². The highest BCUT2D eigenvalue weighted by molar-refractivity contribution is 7.45. The fourth-order valence-corrected chi connectivity index (χ4v) is 7.67. The summed E-state index contributed by atoms with van der Waals surface area (Å²) in [6, 6.07) is 0. The number of quaternary nitrogens is 1. The Labute approximate surface area is 358 Å². The molecule has 0 amide bonds. The van der Waals surface area contributed by atoms with Crippen molar-refractivity contribution in [2.24, 2.45) is 0 Å². The van der Waals surface area contributed by atoms with Gasteiger partial charge >= 0.3 is 11.9 Å². The Morgan fingerprint density at radius 1 is 0.517 bits per heavy atom. The summed E-state index contributed by atoms with van der Waals surface area (Å²) in [5.74, 6) is -0.823. The number of nitrogens with zero attached hydrogens (tertiary/aromatic N) is 1. The standard InChI is InChI=1S/C48H94NO8P/c1-6-8-10-12-14-16-18-20-22-24-26-28-30-32-34-36-38-40-47(50)54-44-46(45-56-58(52,53)55-43-42-49(3,4)5)57-48(51)41-39-37-35-33-31-29-27-25-23-21-19-17-15-13-11-9-7-2/h16,18,46H,6-15,17,19-45H2,1-5H3/b18-16+/t46-/m1/s1. The van der Waals surface area contributed by atoms with Crippen LogP contribution >= 0.6 is 7.82 Å². The average Bonchev–Trinajstić information content (AvgIpc) is 3.17. The minimum atomic E-state index is -4.62. The Morgan fingerprint density at radius 3 is 1.29 bits per heavy atom. The molecule has 0 saturated carbocycles. The third-order valence-electron chi connectivity index (χ3n) is 10.8. The SMILES string of the molecule is CCCCCC/C=C/CCCCCCCCCCCC(=O)OC[C@H](COP(=O)([O-])OCC[N+](C)(C)C)OC(=O)CCCCCCCCCCCCCCCCCCC. The monoisotopic (exact) mass is 844 g/mol. The summed E-state index contributed by atoms with van der Waals surface area (Å²) in [7, 11) is 1.18. The summed E-state index contributed by atoms with van der Waals surface area (Å²) in [5.41, 5.74) is 0. The van der Waals surface area contributed by atoms with Crippen LogP contribution in [0, 0.1) is 0 Å². The summed E-state index contributed by atoms with van der Waals surface area (Å²) < 4.78 is 34.0. The normalized spacial score (nSPS) is 13.6. The van der Waals surface area contributed by atoms with Crippen LogP contribution in [-0.2, 0) is 32.7 Å². The van der Waals surface area contributed by atoms with Gasteiger partial charge in [0.15, 0.2) is 6.10 Å². The van der Waals surface area contributed by atoms with Crippen LogP contribution in [0.4, 0.5) is 0 Å². The van der Waals surface area contributed by atoms with E-state index in [-0.39, 0.29) is 32.0 Å². The summed E-state index contributed by atoms with van der Waals surface area (Å²) in [6.45, 7) is 4.26. The molecule has 0 aromatic rings. The maximum Gasteiger partial charge on any atom is 0.306 e. The Morgan fingerprint density at radius 2 is 0.879 bits per heavy atom. The number of allylic oxidation sites excluding steroid dienone is 2. The molecule has 0 radical (unpaired) electrons. The molecule has 0 spiro atoms. The number of likely N-dealkylation sites (N-methyl/N-ethyl adjacent to an activating group) is 1. The fourth-order valence-electron chi connectivity index (χ4n) is 6.95. The molecular formula is C48H94NO8P. The highest BCUT2D eigenvalue weighted by Gasteiger charge is 2.21. The van der Waals surface area contributed by atoms with Crippen molar-refractivity contribution in [3.05, 3.63) is 12.2 Å². The third kappa shape index (κ3) is 44.3. The van der Waals surface area contributed by atoms with E-state index >= 15 is 0 Å². The first kappa shape index (κ1) is 56.8. The molecule has 0 heterocycles. The van der Waals surface area contributed by atoms with Gasteiger partial charge in [-0.25, -0.2) is 0 Å². The number of carbonyl (C=O) groups is 2. The number of carbonyl (C=O) groups excluding carboxylic acids is 2. The number of phosphoric acid groups is 1. The Balaban J connectivity index is 4.26. The molecule has 0 aromatic heterocycles. The lowest BCUT2D eigenvalue weighted by Crippen LogP contribution is -2.37. The predicted octanol–water partition coefficient (Wildman–Crippen LogP) is 13.5. The molecule has 0 aromatic carbocycles. The smallest absolute Gasteiger partial charge is 0.306 e.